The molecule has 1 atom stereocenters. The highest BCUT2D eigenvalue weighted by molar-refractivity contribution is 5.12. The van der Waals surface area contributed by atoms with E-state index in [-0.39, 0.29) is 0 Å². The monoisotopic (exact) mass is 276 g/mol. The van der Waals surface area contributed by atoms with Gasteiger partial charge >= 0.3 is 0 Å². The van der Waals surface area contributed by atoms with Crippen molar-refractivity contribution in [2.24, 2.45) is 35.3 Å². The molecule has 0 aromatic carbocycles. The molecule has 0 spiro atoms. The van der Waals surface area contributed by atoms with Crippen molar-refractivity contribution in [1.82, 2.24) is 4.90 Å². The number of nitrogens with zero attached hydrogens (tertiary/aromatic N) is 1. The minimum atomic E-state index is 0.400. The second-order valence-corrected chi connectivity index (χ2v) is 8.52. The second-order valence-electron chi connectivity index (χ2n) is 8.52. The first kappa shape index (κ1) is 13.6. The number of rotatable bonds is 2. The number of hydrogen-bond acceptors (Lipinski definition) is 2. The number of hydrogen-bond donors (Lipinski definition) is 1. The summed E-state index contributed by atoms with van der Waals surface area (Å²) in [5.41, 5.74) is 6.86. The molecule has 4 saturated carbocycles. The van der Waals surface area contributed by atoms with Crippen LogP contribution in [0, 0.1) is 29.6 Å². The predicted octanol–water partition coefficient (Wildman–Crippen LogP) is 3.26. The second kappa shape index (κ2) is 4.98. The zero-order valence-corrected chi connectivity index (χ0v) is 13.2. The Kier molecular flexibility index (Phi) is 3.38. The molecule has 4 bridgehead atoms. The highest BCUT2D eigenvalue weighted by atomic mass is 15.2. The summed E-state index contributed by atoms with van der Waals surface area (Å²) in [5, 5.41) is 0. The van der Waals surface area contributed by atoms with E-state index in [9.17, 15) is 0 Å². The normalized spacial score (nSPS) is 52.2. The van der Waals surface area contributed by atoms with Crippen LogP contribution in [0.4, 0.5) is 0 Å². The van der Waals surface area contributed by atoms with E-state index in [0.717, 1.165) is 36.1 Å². The van der Waals surface area contributed by atoms with Gasteiger partial charge in [0.25, 0.3) is 0 Å². The minimum Gasteiger partial charge on any atom is -0.329 e. The molecule has 5 aliphatic rings. The van der Waals surface area contributed by atoms with Gasteiger partial charge in [0.2, 0.25) is 0 Å². The molecule has 2 heteroatoms. The van der Waals surface area contributed by atoms with E-state index in [1.54, 1.807) is 6.42 Å². The molecule has 0 aromatic rings. The summed E-state index contributed by atoms with van der Waals surface area (Å²) in [5.74, 6) is 4.90. The first-order chi connectivity index (χ1) is 9.72. The van der Waals surface area contributed by atoms with Gasteiger partial charge in [0.15, 0.2) is 0 Å². The van der Waals surface area contributed by atoms with Gasteiger partial charge in [-0.1, -0.05) is 6.92 Å². The summed E-state index contributed by atoms with van der Waals surface area (Å²) in [7, 11) is 0. The summed E-state index contributed by atoms with van der Waals surface area (Å²) < 4.78 is 0. The van der Waals surface area contributed by atoms with Crippen LogP contribution in [0.2, 0.25) is 0 Å². The van der Waals surface area contributed by atoms with E-state index in [2.05, 4.69) is 11.8 Å². The number of nitrogens with two attached hydrogens (primary N) is 1. The van der Waals surface area contributed by atoms with Crippen molar-refractivity contribution in [3.05, 3.63) is 0 Å². The van der Waals surface area contributed by atoms with Gasteiger partial charge in [-0.15, -0.1) is 0 Å². The maximum absolute atomic E-state index is 6.46. The Balaban J connectivity index is 1.62. The molecule has 0 aromatic heterocycles. The van der Waals surface area contributed by atoms with E-state index in [1.165, 1.54) is 58.0 Å². The van der Waals surface area contributed by atoms with E-state index in [4.69, 9.17) is 5.73 Å². The molecule has 2 N–H and O–H groups in total. The van der Waals surface area contributed by atoms with Gasteiger partial charge in [0.05, 0.1) is 0 Å². The summed E-state index contributed by atoms with van der Waals surface area (Å²) in [4.78, 5) is 2.89. The van der Waals surface area contributed by atoms with Crippen LogP contribution < -0.4 is 5.73 Å². The van der Waals surface area contributed by atoms with Crippen LogP contribution in [0.15, 0.2) is 0 Å². The SMILES string of the molecule is CC1CCCN(C2(CN)C3CC4CC(C3)CC2C4)CC1. The molecule has 5 rings (SSSR count). The van der Waals surface area contributed by atoms with Crippen LogP contribution >= 0.6 is 0 Å². The van der Waals surface area contributed by atoms with Gasteiger partial charge in [-0.3, -0.25) is 4.90 Å². The first-order valence-electron chi connectivity index (χ1n) is 9.17. The average molecular weight is 276 g/mol. The lowest BCUT2D eigenvalue weighted by molar-refractivity contribution is -0.130. The smallest absolute Gasteiger partial charge is 0.0388 e. The van der Waals surface area contributed by atoms with Crippen LogP contribution in [-0.2, 0) is 0 Å². The maximum Gasteiger partial charge on any atom is 0.0388 e. The molecule has 4 aliphatic carbocycles. The quantitative estimate of drug-likeness (QED) is 0.839. The van der Waals surface area contributed by atoms with Gasteiger partial charge in [-0.25, -0.2) is 0 Å². The van der Waals surface area contributed by atoms with Gasteiger partial charge in [0.1, 0.15) is 0 Å². The van der Waals surface area contributed by atoms with Crippen LogP contribution in [-0.4, -0.2) is 30.1 Å². The Hall–Kier alpha value is -0.0800. The van der Waals surface area contributed by atoms with E-state index >= 15 is 0 Å². The van der Waals surface area contributed by atoms with Crippen molar-refractivity contribution in [2.75, 3.05) is 19.6 Å². The summed E-state index contributed by atoms with van der Waals surface area (Å²) in [6, 6.07) is 0. The number of likely N-dealkylation sites (tertiary alicyclic amines) is 1. The third-order valence-corrected chi connectivity index (χ3v) is 7.48. The van der Waals surface area contributed by atoms with E-state index in [1.807, 2.05) is 0 Å². The van der Waals surface area contributed by atoms with Gasteiger partial charge in [0, 0.05) is 12.1 Å². The molecule has 1 unspecified atom stereocenters. The molecule has 1 aliphatic heterocycles. The summed E-state index contributed by atoms with van der Waals surface area (Å²) in [6.07, 6.45) is 11.8. The average Bonchev–Trinajstić information content (AvgIpc) is 2.64. The fourth-order valence-corrected chi connectivity index (χ4v) is 6.66. The lowest BCUT2D eigenvalue weighted by Gasteiger charge is -2.64. The molecular weight excluding hydrogens is 244 g/mol. The van der Waals surface area contributed by atoms with Crippen molar-refractivity contribution in [3.63, 3.8) is 0 Å². The van der Waals surface area contributed by atoms with Crippen LogP contribution in [0.3, 0.4) is 0 Å². The lowest BCUT2D eigenvalue weighted by Crippen LogP contribution is -2.69. The third-order valence-electron chi connectivity index (χ3n) is 7.48. The zero-order valence-electron chi connectivity index (χ0n) is 13.2. The molecule has 1 heterocycles. The van der Waals surface area contributed by atoms with Crippen molar-refractivity contribution >= 4 is 0 Å². The largest absolute Gasteiger partial charge is 0.329 e. The lowest BCUT2D eigenvalue weighted by atomic mass is 9.48. The van der Waals surface area contributed by atoms with Gasteiger partial charge in [-0.2, -0.15) is 0 Å². The van der Waals surface area contributed by atoms with Crippen LogP contribution in [0.1, 0.15) is 58.3 Å². The summed E-state index contributed by atoms with van der Waals surface area (Å²) in [6.45, 7) is 6.01. The molecular formula is C18H32N2. The molecule has 2 nitrogen and oxygen atoms in total. The van der Waals surface area contributed by atoms with Gasteiger partial charge < -0.3 is 5.73 Å². The summed E-state index contributed by atoms with van der Waals surface area (Å²) >= 11 is 0. The third kappa shape index (κ3) is 1.90. The van der Waals surface area contributed by atoms with Crippen LogP contribution in [0.25, 0.3) is 0 Å². The van der Waals surface area contributed by atoms with Crippen molar-refractivity contribution < 1.29 is 0 Å². The molecule has 0 amide bonds. The standard InChI is InChI=1S/C18H32N2/c1-13-3-2-5-20(6-4-13)18(12-19)16-8-14-7-15(10-16)11-17(18)9-14/h13-17H,2-12,19H2,1H3. The Morgan fingerprint density at radius 1 is 0.950 bits per heavy atom. The zero-order chi connectivity index (χ0) is 13.7. The Morgan fingerprint density at radius 2 is 1.60 bits per heavy atom. The predicted molar refractivity (Wildman–Crippen MR) is 83.4 cm³/mol. The molecule has 20 heavy (non-hydrogen) atoms. The molecule has 5 fully saturated rings. The van der Waals surface area contributed by atoms with Crippen molar-refractivity contribution in [2.45, 2.75) is 63.8 Å². The van der Waals surface area contributed by atoms with Crippen LogP contribution in [0.5, 0.6) is 0 Å². The van der Waals surface area contributed by atoms with Crippen molar-refractivity contribution in [1.29, 1.82) is 0 Å². The fourth-order valence-electron chi connectivity index (χ4n) is 6.66. The Morgan fingerprint density at radius 3 is 2.20 bits per heavy atom. The van der Waals surface area contributed by atoms with Crippen molar-refractivity contribution in [3.8, 4) is 0 Å². The minimum absolute atomic E-state index is 0.400. The molecule has 1 saturated heterocycles. The maximum atomic E-state index is 6.46. The Bertz CT molecular complexity index is 336. The topological polar surface area (TPSA) is 29.3 Å². The molecule has 114 valence electrons. The Labute approximate surface area is 124 Å². The van der Waals surface area contributed by atoms with E-state index in [0.29, 0.717) is 5.54 Å². The van der Waals surface area contributed by atoms with E-state index < -0.39 is 0 Å². The first-order valence-corrected chi connectivity index (χ1v) is 9.17. The fraction of sp³-hybridized carbons (Fsp3) is 1.00. The van der Waals surface area contributed by atoms with Gasteiger partial charge in [-0.05, 0) is 94.0 Å². The molecule has 0 radical (unpaired) electrons. The highest BCUT2D eigenvalue weighted by Gasteiger charge is 2.58. The highest BCUT2D eigenvalue weighted by Crippen LogP contribution is 2.60.